The summed E-state index contributed by atoms with van der Waals surface area (Å²) in [6, 6.07) is 0.0751. The molecule has 0 fully saturated rings. The van der Waals surface area contributed by atoms with Gasteiger partial charge >= 0.3 is 0 Å². The number of hydrogen-bond acceptors (Lipinski definition) is 2. The van der Waals surface area contributed by atoms with Gasteiger partial charge in [-0.3, -0.25) is 4.79 Å². The van der Waals surface area contributed by atoms with Crippen molar-refractivity contribution < 1.29 is 9.90 Å². The Bertz CT molecular complexity index is 174. The van der Waals surface area contributed by atoms with Crippen LogP contribution in [-0.2, 0) is 4.79 Å². The minimum Gasteiger partial charge on any atom is -0.380 e. The Morgan fingerprint density at radius 1 is 1.38 bits per heavy atom. The van der Waals surface area contributed by atoms with Gasteiger partial charge in [-0.05, 0) is 33.1 Å². The van der Waals surface area contributed by atoms with Crippen LogP contribution in [0, 0.1) is 5.92 Å². The molecule has 0 aromatic heterocycles. The summed E-state index contributed by atoms with van der Waals surface area (Å²) in [6.07, 6.45) is 0.492. The highest BCUT2D eigenvalue weighted by Crippen LogP contribution is 2.16. The first-order valence-corrected chi connectivity index (χ1v) is 4.79. The topological polar surface area (TPSA) is 49.3 Å². The van der Waals surface area contributed by atoms with Crippen LogP contribution in [0.2, 0.25) is 0 Å². The van der Waals surface area contributed by atoms with Gasteiger partial charge in [0.15, 0.2) is 0 Å². The van der Waals surface area contributed by atoms with Crippen LogP contribution in [0.3, 0.4) is 0 Å². The van der Waals surface area contributed by atoms with E-state index in [1.54, 1.807) is 6.92 Å². The lowest BCUT2D eigenvalue weighted by molar-refractivity contribution is -0.140. The average Bonchev–Trinajstić information content (AvgIpc) is 1.81. The highest BCUT2D eigenvalue weighted by Gasteiger charge is 2.30. The predicted molar refractivity (Wildman–Crippen MR) is 53.4 cm³/mol. The standard InChI is InChI=1S/C10H21NO2/c1-7(2)6-10(5,13)9(12)11-8(3)4/h7-8,13H,6H2,1-5H3,(H,11,12). The Balaban J connectivity index is 4.19. The lowest BCUT2D eigenvalue weighted by atomic mass is 9.93. The maximum absolute atomic E-state index is 11.4. The number of nitrogens with one attached hydrogen (secondary N) is 1. The molecule has 1 atom stereocenters. The van der Waals surface area contributed by atoms with Crippen LogP contribution in [0.5, 0.6) is 0 Å². The van der Waals surface area contributed by atoms with Crippen LogP contribution in [-0.4, -0.2) is 22.7 Å². The van der Waals surface area contributed by atoms with E-state index in [4.69, 9.17) is 0 Å². The van der Waals surface area contributed by atoms with Crippen LogP contribution in [0.15, 0.2) is 0 Å². The lowest BCUT2D eigenvalue weighted by Crippen LogP contribution is -2.47. The summed E-state index contributed by atoms with van der Waals surface area (Å²) < 4.78 is 0. The van der Waals surface area contributed by atoms with E-state index in [-0.39, 0.29) is 11.9 Å². The SMILES string of the molecule is CC(C)CC(C)(O)C(=O)NC(C)C. The van der Waals surface area contributed by atoms with Crippen molar-refractivity contribution in [2.24, 2.45) is 5.92 Å². The van der Waals surface area contributed by atoms with Crippen LogP contribution < -0.4 is 5.32 Å². The highest BCUT2D eigenvalue weighted by atomic mass is 16.3. The van der Waals surface area contributed by atoms with Gasteiger partial charge in [-0.1, -0.05) is 13.8 Å². The fraction of sp³-hybridized carbons (Fsp3) is 0.900. The second kappa shape index (κ2) is 4.61. The minimum atomic E-state index is -1.24. The van der Waals surface area contributed by atoms with Gasteiger partial charge in [-0.15, -0.1) is 0 Å². The van der Waals surface area contributed by atoms with Crippen molar-refractivity contribution in [1.82, 2.24) is 5.32 Å². The number of amides is 1. The molecular formula is C10H21NO2. The van der Waals surface area contributed by atoms with Gasteiger partial charge in [0, 0.05) is 6.04 Å². The second-order valence-electron chi connectivity index (χ2n) is 4.50. The summed E-state index contributed by atoms with van der Waals surface area (Å²) in [5.74, 6) is 0.0316. The Kier molecular flexibility index (Phi) is 4.40. The zero-order valence-electron chi connectivity index (χ0n) is 9.22. The first kappa shape index (κ1) is 12.4. The Morgan fingerprint density at radius 2 is 1.85 bits per heavy atom. The molecule has 3 heteroatoms. The Labute approximate surface area is 80.5 Å². The summed E-state index contributed by atoms with van der Waals surface area (Å²) in [5, 5.41) is 12.5. The molecule has 0 aliphatic rings. The van der Waals surface area contributed by atoms with Gasteiger partial charge in [0.25, 0.3) is 5.91 Å². The van der Waals surface area contributed by atoms with Crippen molar-refractivity contribution in [2.45, 2.75) is 52.7 Å². The molecule has 1 amide bonds. The molecule has 0 aliphatic carbocycles. The van der Waals surface area contributed by atoms with Crippen LogP contribution in [0.1, 0.15) is 41.0 Å². The maximum atomic E-state index is 11.4. The third kappa shape index (κ3) is 4.88. The molecule has 0 saturated carbocycles. The molecule has 3 nitrogen and oxygen atoms in total. The fourth-order valence-electron chi connectivity index (χ4n) is 1.31. The molecule has 0 bridgehead atoms. The highest BCUT2D eigenvalue weighted by molar-refractivity contribution is 5.84. The van der Waals surface area contributed by atoms with Crippen molar-refractivity contribution in [3.63, 3.8) is 0 Å². The van der Waals surface area contributed by atoms with Gasteiger partial charge in [0.05, 0.1) is 0 Å². The molecule has 0 spiro atoms. The van der Waals surface area contributed by atoms with E-state index >= 15 is 0 Å². The fourth-order valence-corrected chi connectivity index (χ4v) is 1.31. The first-order valence-electron chi connectivity index (χ1n) is 4.79. The summed E-state index contributed by atoms with van der Waals surface area (Å²) in [6.45, 7) is 9.28. The largest absolute Gasteiger partial charge is 0.380 e. The Morgan fingerprint density at radius 3 is 2.15 bits per heavy atom. The first-order chi connectivity index (χ1) is 5.75. The van der Waals surface area contributed by atoms with Crippen LogP contribution in [0.4, 0.5) is 0 Å². The van der Waals surface area contributed by atoms with E-state index in [2.05, 4.69) is 5.32 Å². The molecule has 1 unspecified atom stereocenters. The van der Waals surface area contributed by atoms with Crippen LogP contribution >= 0.6 is 0 Å². The summed E-state index contributed by atoms with van der Waals surface area (Å²) >= 11 is 0. The van der Waals surface area contributed by atoms with E-state index in [1.807, 2.05) is 27.7 Å². The van der Waals surface area contributed by atoms with Gasteiger partial charge in [-0.25, -0.2) is 0 Å². The zero-order valence-corrected chi connectivity index (χ0v) is 9.22. The summed E-state index contributed by atoms with van der Waals surface area (Å²) in [7, 11) is 0. The van der Waals surface area contributed by atoms with E-state index in [0.29, 0.717) is 12.3 Å². The van der Waals surface area contributed by atoms with E-state index in [9.17, 15) is 9.90 Å². The Hall–Kier alpha value is -0.570. The third-order valence-electron chi connectivity index (χ3n) is 1.71. The van der Waals surface area contributed by atoms with E-state index in [0.717, 1.165) is 0 Å². The van der Waals surface area contributed by atoms with Crippen molar-refractivity contribution in [2.75, 3.05) is 0 Å². The molecule has 78 valence electrons. The van der Waals surface area contributed by atoms with Crippen molar-refractivity contribution in [1.29, 1.82) is 0 Å². The second-order valence-corrected chi connectivity index (χ2v) is 4.50. The predicted octanol–water partition coefficient (Wildman–Crippen LogP) is 1.31. The smallest absolute Gasteiger partial charge is 0.251 e. The molecule has 2 N–H and O–H groups in total. The molecule has 0 radical (unpaired) electrons. The van der Waals surface area contributed by atoms with Gasteiger partial charge in [0.2, 0.25) is 0 Å². The van der Waals surface area contributed by atoms with Gasteiger partial charge in [-0.2, -0.15) is 0 Å². The normalized spacial score (nSPS) is 16.0. The molecule has 0 aromatic carbocycles. The van der Waals surface area contributed by atoms with Crippen molar-refractivity contribution in [3.8, 4) is 0 Å². The molecule has 0 saturated heterocycles. The summed E-state index contributed by atoms with van der Waals surface area (Å²) in [4.78, 5) is 11.4. The van der Waals surface area contributed by atoms with Crippen molar-refractivity contribution >= 4 is 5.91 Å². The number of hydrogen-bond donors (Lipinski definition) is 2. The zero-order chi connectivity index (χ0) is 10.6. The quantitative estimate of drug-likeness (QED) is 0.697. The van der Waals surface area contributed by atoms with Crippen LogP contribution in [0.25, 0.3) is 0 Å². The molecule has 0 aromatic rings. The average molecular weight is 187 g/mol. The van der Waals surface area contributed by atoms with E-state index < -0.39 is 5.60 Å². The van der Waals surface area contributed by atoms with Crippen molar-refractivity contribution in [3.05, 3.63) is 0 Å². The lowest BCUT2D eigenvalue weighted by Gasteiger charge is -2.25. The maximum Gasteiger partial charge on any atom is 0.251 e. The number of carbonyl (C=O) groups excluding carboxylic acids is 1. The number of carbonyl (C=O) groups is 1. The molecular weight excluding hydrogens is 166 g/mol. The monoisotopic (exact) mass is 187 g/mol. The van der Waals surface area contributed by atoms with Gasteiger partial charge < -0.3 is 10.4 Å². The third-order valence-corrected chi connectivity index (χ3v) is 1.71. The molecule has 0 rings (SSSR count). The molecule has 13 heavy (non-hydrogen) atoms. The molecule has 0 heterocycles. The van der Waals surface area contributed by atoms with E-state index in [1.165, 1.54) is 0 Å². The minimum absolute atomic E-state index is 0.0751. The molecule has 0 aliphatic heterocycles. The number of aliphatic hydroxyl groups is 1. The number of rotatable bonds is 4. The van der Waals surface area contributed by atoms with Gasteiger partial charge in [0.1, 0.15) is 5.60 Å². The summed E-state index contributed by atoms with van der Waals surface area (Å²) in [5.41, 5.74) is -1.24.